The Morgan fingerprint density at radius 1 is 1.20 bits per heavy atom. The van der Waals surface area contributed by atoms with E-state index < -0.39 is 29.4 Å². The molecule has 1 saturated carbocycles. The number of aromatic nitrogens is 2. The average molecular weight is 579 g/mol. The standard InChI is InChI=1S/C29H30ClF3N2O5/c1-3-40-27(39)18-9-7-16(13-15(18)2)24-19-10-8-17(26(37)38)14-22(19)35(34-24)25(36)23-20(5-4-6-21(23)30)28(11-12-28)29(31,32)33/h4-6,13,15,17-18H,3,7-12,14H2,1-2H3,(H,37,38). The molecule has 11 heteroatoms. The normalized spacial score (nSPS) is 23.6. The van der Waals surface area contributed by atoms with Gasteiger partial charge in [0, 0.05) is 12.0 Å². The van der Waals surface area contributed by atoms with Crippen LogP contribution in [0.15, 0.2) is 24.3 Å². The number of fused-ring (bicyclic) bond motifs is 1. The van der Waals surface area contributed by atoms with Crippen LogP contribution in [0, 0.1) is 17.8 Å². The van der Waals surface area contributed by atoms with E-state index in [4.69, 9.17) is 16.3 Å². The SMILES string of the molecule is CCOC(=O)C1CCC(c2nn(C(=O)c3c(Cl)cccc3C3(C(F)(F)F)CC3)c3c2CCC(C(=O)O)C3)=CC1C. The lowest BCUT2D eigenvalue weighted by molar-refractivity contribution is -0.160. The Balaban J connectivity index is 1.60. The molecule has 1 fully saturated rings. The van der Waals surface area contributed by atoms with Crippen molar-refractivity contribution in [1.29, 1.82) is 0 Å². The van der Waals surface area contributed by atoms with E-state index in [-0.39, 0.29) is 59.8 Å². The van der Waals surface area contributed by atoms with Gasteiger partial charge in [-0.2, -0.15) is 23.0 Å². The molecule has 0 aliphatic heterocycles. The number of allylic oxidation sites excluding steroid dienone is 2. The highest BCUT2D eigenvalue weighted by atomic mass is 35.5. The summed E-state index contributed by atoms with van der Waals surface area (Å²) in [5, 5.41) is 14.2. The van der Waals surface area contributed by atoms with Gasteiger partial charge in [0.25, 0.3) is 5.91 Å². The topological polar surface area (TPSA) is 98.5 Å². The summed E-state index contributed by atoms with van der Waals surface area (Å²) in [5.74, 6) is -3.33. The molecular weight excluding hydrogens is 549 g/mol. The summed E-state index contributed by atoms with van der Waals surface area (Å²) >= 11 is 6.39. The first-order valence-corrected chi connectivity index (χ1v) is 13.9. The fraction of sp³-hybridized carbons (Fsp3) is 0.517. The molecule has 3 unspecified atom stereocenters. The summed E-state index contributed by atoms with van der Waals surface area (Å²) in [6.07, 6.45) is -1.21. The highest BCUT2D eigenvalue weighted by Crippen LogP contribution is 2.60. The smallest absolute Gasteiger partial charge is 0.398 e. The molecule has 0 bridgehead atoms. The van der Waals surface area contributed by atoms with Crippen LogP contribution >= 0.6 is 11.6 Å². The van der Waals surface area contributed by atoms with Crippen LogP contribution in [0.2, 0.25) is 5.02 Å². The number of ether oxygens (including phenoxy) is 1. The van der Waals surface area contributed by atoms with Gasteiger partial charge >= 0.3 is 18.1 Å². The van der Waals surface area contributed by atoms with Crippen LogP contribution in [0.1, 0.15) is 78.8 Å². The van der Waals surface area contributed by atoms with Gasteiger partial charge in [0.1, 0.15) is 0 Å². The van der Waals surface area contributed by atoms with E-state index in [9.17, 15) is 32.7 Å². The quantitative estimate of drug-likeness (QED) is 0.422. The number of hydrogen-bond acceptors (Lipinski definition) is 5. The van der Waals surface area contributed by atoms with Gasteiger partial charge in [0.15, 0.2) is 0 Å². The third kappa shape index (κ3) is 4.74. The van der Waals surface area contributed by atoms with Crippen LogP contribution in [0.25, 0.3) is 5.57 Å². The first-order chi connectivity index (χ1) is 18.9. The number of benzene rings is 1. The molecule has 0 saturated heterocycles. The highest BCUT2D eigenvalue weighted by Gasteiger charge is 2.65. The number of rotatable bonds is 6. The summed E-state index contributed by atoms with van der Waals surface area (Å²) in [6.45, 7) is 3.93. The van der Waals surface area contributed by atoms with Gasteiger partial charge in [-0.05, 0) is 68.6 Å². The zero-order valence-electron chi connectivity index (χ0n) is 22.2. The lowest BCUT2D eigenvalue weighted by Gasteiger charge is -2.26. The molecule has 214 valence electrons. The molecule has 0 radical (unpaired) electrons. The van der Waals surface area contributed by atoms with Gasteiger partial charge in [-0.3, -0.25) is 14.4 Å². The molecule has 1 aromatic heterocycles. The van der Waals surface area contributed by atoms with Gasteiger partial charge in [-0.25, -0.2) is 0 Å². The Morgan fingerprint density at radius 2 is 1.93 bits per heavy atom. The molecule has 5 rings (SSSR count). The van der Waals surface area contributed by atoms with Gasteiger partial charge in [-0.15, -0.1) is 0 Å². The Kier molecular flexibility index (Phi) is 7.35. The van der Waals surface area contributed by atoms with Gasteiger partial charge in [0.2, 0.25) is 0 Å². The number of alkyl halides is 3. The van der Waals surface area contributed by atoms with E-state index in [1.54, 1.807) is 6.92 Å². The molecular formula is C29H30ClF3N2O5. The van der Waals surface area contributed by atoms with Crippen molar-refractivity contribution in [2.75, 3.05) is 6.61 Å². The molecule has 7 nitrogen and oxygen atoms in total. The number of carbonyl (C=O) groups excluding carboxylic acids is 2. The molecule has 3 aliphatic rings. The van der Waals surface area contributed by atoms with Crippen LogP contribution < -0.4 is 0 Å². The van der Waals surface area contributed by atoms with Crippen molar-refractivity contribution in [2.45, 2.75) is 70.4 Å². The van der Waals surface area contributed by atoms with Gasteiger partial charge in [0.05, 0.1) is 45.8 Å². The maximum atomic E-state index is 14.1. The summed E-state index contributed by atoms with van der Waals surface area (Å²) in [4.78, 5) is 38.3. The number of nitrogens with zero attached hydrogens (tertiary/aromatic N) is 2. The molecule has 0 amide bonds. The third-order valence-corrected chi connectivity index (χ3v) is 8.88. The number of esters is 1. The largest absolute Gasteiger partial charge is 0.481 e. The Bertz CT molecular complexity index is 1410. The minimum absolute atomic E-state index is 0.0158. The molecule has 1 heterocycles. The zero-order chi connectivity index (χ0) is 29.0. The van der Waals surface area contributed by atoms with Crippen molar-refractivity contribution in [1.82, 2.24) is 9.78 Å². The second kappa shape index (κ2) is 10.4. The number of aliphatic carboxylic acids is 1. The second-order valence-corrected chi connectivity index (χ2v) is 11.4. The number of carboxylic acid groups (broad SMARTS) is 1. The maximum Gasteiger partial charge on any atom is 0.398 e. The summed E-state index contributed by atoms with van der Waals surface area (Å²) in [5.41, 5.74) is -0.165. The molecule has 40 heavy (non-hydrogen) atoms. The number of carbonyl (C=O) groups is 3. The summed E-state index contributed by atoms with van der Waals surface area (Å²) in [7, 11) is 0. The van der Waals surface area contributed by atoms with Crippen LogP contribution in [-0.4, -0.2) is 45.5 Å². The highest BCUT2D eigenvalue weighted by molar-refractivity contribution is 6.34. The predicted molar refractivity (Wildman–Crippen MR) is 140 cm³/mol. The van der Waals surface area contributed by atoms with Crippen molar-refractivity contribution < 1.29 is 37.4 Å². The van der Waals surface area contributed by atoms with Crippen LogP contribution in [0.4, 0.5) is 13.2 Å². The van der Waals surface area contributed by atoms with Crippen LogP contribution in [0.3, 0.4) is 0 Å². The van der Waals surface area contributed by atoms with Crippen molar-refractivity contribution in [3.05, 3.63) is 57.4 Å². The van der Waals surface area contributed by atoms with E-state index in [1.807, 2.05) is 13.0 Å². The number of halogens is 4. The lowest BCUT2D eigenvalue weighted by Crippen LogP contribution is -2.32. The van der Waals surface area contributed by atoms with Crippen molar-refractivity contribution in [3.8, 4) is 0 Å². The Labute approximate surface area is 234 Å². The van der Waals surface area contributed by atoms with Crippen molar-refractivity contribution in [3.63, 3.8) is 0 Å². The van der Waals surface area contributed by atoms with E-state index in [0.717, 1.165) is 10.3 Å². The Morgan fingerprint density at radius 3 is 2.52 bits per heavy atom. The van der Waals surface area contributed by atoms with E-state index in [1.165, 1.54) is 18.2 Å². The first-order valence-electron chi connectivity index (χ1n) is 13.5. The minimum Gasteiger partial charge on any atom is -0.481 e. The molecule has 0 spiro atoms. The third-order valence-electron chi connectivity index (χ3n) is 8.57. The first kappa shape index (κ1) is 28.4. The van der Waals surface area contributed by atoms with E-state index >= 15 is 0 Å². The van der Waals surface area contributed by atoms with E-state index in [0.29, 0.717) is 42.6 Å². The molecule has 1 aromatic carbocycles. The minimum atomic E-state index is -4.56. The maximum absolute atomic E-state index is 14.1. The van der Waals surface area contributed by atoms with Crippen molar-refractivity contribution >= 4 is 35.0 Å². The number of hydrogen-bond donors (Lipinski definition) is 1. The summed E-state index contributed by atoms with van der Waals surface area (Å²) in [6, 6.07) is 4.07. The lowest BCUT2D eigenvalue weighted by atomic mass is 9.79. The van der Waals surface area contributed by atoms with Gasteiger partial charge in [-0.1, -0.05) is 36.7 Å². The molecule has 1 N–H and O–H groups in total. The number of carboxylic acids is 1. The monoisotopic (exact) mass is 578 g/mol. The fourth-order valence-corrected chi connectivity index (χ4v) is 6.45. The van der Waals surface area contributed by atoms with E-state index in [2.05, 4.69) is 5.10 Å². The average Bonchev–Trinajstić information content (AvgIpc) is 3.64. The zero-order valence-corrected chi connectivity index (χ0v) is 22.9. The Hall–Kier alpha value is -3.14. The summed E-state index contributed by atoms with van der Waals surface area (Å²) < 4.78 is 48.6. The van der Waals surface area contributed by atoms with Crippen molar-refractivity contribution in [2.24, 2.45) is 17.8 Å². The van der Waals surface area contributed by atoms with Crippen LogP contribution in [-0.2, 0) is 32.6 Å². The molecule has 3 aliphatic carbocycles. The molecule has 3 atom stereocenters. The predicted octanol–water partition coefficient (Wildman–Crippen LogP) is 6.00. The van der Waals surface area contributed by atoms with Crippen LogP contribution in [0.5, 0.6) is 0 Å². The second-order valence-electron chi connectivity index (χ2n) is 11.0. The molecule has 2 aromatic rings. The van der Waals surface area contributed by atoms with Gasteiger partial charge < -0.3 is 9.84 Å². The fourth-order valence-electron chi connectivity index (χ4n) is 6.19.